The molecule has 0 aromatic heterocycles. The molecule has 0 bridgehead atoms. The molecule has 6 heteroatoms. The standard InChI is InChI=1S/C21H13Cl3O2S/c1-26-18-8-2-12-10-14(22)4-6-16(12)20(18)21-17-7-5-15(23)11-13(17)3-9-19(21)27(24)25/h2-11H,1H3. The Morgan fingerprint density at radius 2 is 1.33 bits per heavy atom. The Hall–Kier alpha value is -1.78. The van der Waals surface area contributed by atoms with Crippen molar-refractivity contribution in [2.24, 2.45) is 0 Å². The van der Waals surface area contributed by atoms with Gasteiger partial charge in [-0.05, 0) is 68.6 Å². The van der Waals surface area contributed by atoms with E-state index in [1.54, 1.807) is 13.2 Å². The van der Waals surface area contributed by atoms with Gasteiger partial charge in [-0.25, -0.2) is 4.21 Å². The van der Waals surface area contributed by atoms with Crippen LogP contribution in [0.5, 0.6) is 5.75 Å². The van der Waals surface area contributed by atoms with Crippen molar-refractivity contribution < 1.29 is 8.95 Å². The lowest BCUT2D eigenvalue weighted by Crippen LogP contribution is -1.95. The number of halogens is 3. The zero-order chi connectivity index (χ0) is 19.1. The molecule has 0 aliphatic rings. The van der Waals surface area contributed by atoms with Gasteiger partial charge in [-0.2, -0.15) is 0 Å². The number of methoxy groups -OCH3 is 1. The lowest BCUT2D eigenvalue weighted by atomic mass is 9.93. The lowest BCUT2D eigenvalue weighted by molar-refractivity contribution is 0.417. The summed E-state index contributed by atoms with van der Waals surface area (Å²) in [4.78, 5) is 0.521. The van der Waals surface area contributed by atoms with Crippen molar-refractivity contribution in [3.63, 3.8) is 0 Å². The van der Waals surface area contributed by atoms with Crippen LogP contribution in [-0.4, -0.2) is 11.3 Å². The van der Waals surface area contributed by atoms with Crippen LogP contribution >= 0.6 is 33.9 Å². The average Bonchev–Trinajstić information content (AvgIpc) is 2.65. The predicted molar refractivity (Wildman–Crippen MR) is 116 cm³/mol. The molecule has 0 amide bonds. The fourth-order valence-electron chi connectivity index (χ4n) is 3.38. The van der Waals surface area contributed by atoms with Crippen LogP contribution in [0.1, 0.15) is 0 Å². The van der Waals surface area contributed by atoms with Crippen molar-refractivity contribution in [3.8, 4) is 16.9 Å². The molecule has 1 unspecified atom stereocenters. The third-order valence-corrected chi connectivity index (χ3v) is 6.18. The number of hydrogen-bond donors (Lipinski definition) is 0. The second-order valence-corrected chi connectivity index (χ2v) is 8.64. The highest BCUT2D eigenvalue weighted by molar-refractivity contribution is 8.08. The van der Waals surface area contributed by atoms with Gasteiger partial charge in [0.1, 0.15) is 15.8 Å². The molecule has 0 radical (unpaired) electrons. The van der Waals surface area contributed by atoms with E-state index in [4.69, 9.17) is 38.6 Å². The van der Waals surface area contributed by atoms with Crippen LogP contribution in [0.15, 0.2) is 65.6 Å². The Bertz CT molecular complexity index is 1220. The molecule has 1 atom stereocenters. The summed E-state index contributed by atoms with van der Waals surface area (Å²) in [5.74, 6) is 0.663. The van der Waals surface area contributed by atoms with Crippen LogP contribution in [-0.2, 0) is 10.0 Å². The minimum atomic E-state index is -1.70. The summed E-state index contributed by atoms with van der Waals surface area (Å²) in [6.07, 6.45) is 0. The van der Waals surface area contributed by atoms with Gasteiger partial charge >= 0.3 is 0 Å². The van der Waals surface area contributed by atoms with Gasteiger partial charge in [0, 0.05) is 21.2 Å². The molecule has 27 heavy (non-hydrogen) atoms. The Labute approximate surface area is 173 Å². The van der Waals surface area contributed by atoms with Gasteiger partial charge in [0.25, 0.3) is 0 Å². The maximum Gasteiger partial charge on any atom is 0.148 e. The van der Waals surface area contributed by atoms with Crippen LogP contribution in [0, 0.1) is 0 Å². The summed E-state index contributed by atoms with van der Waals surface area (Å²) in [7, 11) is 5.95. The molecule has 2 nitrogen and oxygen atoms in total. The number of hydrogen-bond acceptors (Lipinski definition) is 2. The van der Waals surface area contributed by atoms with Gasteiger partial charge in [-0.15, -0.1) is 0 Å². The second-order valence-electron chi connectivity index (χ2n) is 6.04. The van der Waals surface area contributed by atoms with Crippen molar-refractivity contribution in [1.29, 1.82) is 0 Å². The van der Waals surface area contributed by atoms with Crippen molar-refractivity contribution in [2.75, 3.05) is 7.11 Å². The van der Waals surface area contributed by atoms with E-state index in [9.17, 15) is 4.21 Å². The maximum atomic E-state index is 12.3. The molecule has 0 aliphatic heterocycles. The van der Waals surface area contributed by atoms with Crippen LogP contribution in [0.25, 0.3) is 32.7 Å². The highest BCUT2D eigenvalue weighted by Gasteiger charge is 2.20. The van der Waals surface area contributed by atoms with E-state index in [1.165, 1.54) is 0 Å². The van der Waals surface area contributed by atoms with Crippen molar-refractivity contribution in [3.05, 3.63) is 70.7 Å². The molecular weight excluding hydrogens is 423 g/mol. The number of fused-ring (bicyclic) bond motifs is 2. The minimum absolute atomic E-state index is 0.521. The quantitative estimate of drug-likeness (QED) is 0.317. The average molecular weight is 436 g/mol. The first kappa shape index (κ1) is 18.6. The molecule has 0 spiro atoms. The van der Waals surface area contributed by atoms with E-state index in [1.807, 2.05) is 54.6 Å². The smallest absolute Gasteiger partial charge is 0.148 e. The molecule has 136 valence electrons. The van der Waals surface area contributed by atoms with Crippen molar-refractivity contribution in [1.82, 2.24) is 0 Å². The van der Waals surface area contributed by atoms with Gasteiger partial charge in [0.05, 0.1) is 12.0 Å². The summed E-state index contributed by atoms with van der Waals surface area (Å²) in [6, 6.07) is 18.7. The highest BCUT2D eigenvalue weighted by atomic mass is 35.7. The Balaban J connectivity index is 2.22. The van der Waals surface area contributed by atoms with Crippen molar-refractivity contribution >= 4 is 65.4 Å². The van der Waals surface area contributed by atoms with E-state index < -0.39 is 10.0 Å². The molecule has 4 aromatic rings. The first-order chi connectivity index (χ1) is 13.0. The zero-order valence-corrected chi connectivity index (χ0v) is 17.2. The number of benzene rings is 4. The Morgan fingerprint density at radius 3 is 1.89 bits per heavy atom. The lowest BCUT2D eigenvalue weighted by Gasteiger charge is -2.17. The van der Waals surface area contributed by atoms with Crippen LogP contribution in [0.2, 0.25) is 10.0 Å². The van der Waals surface area contributed by atoms with Gasteiger partial charge in [0.15, 0.2) is 0 Å². The summed E-state index contributed by atoms with van der Waals surface area (Å²) < 4.78 is 18.0. The van der Waals surface area contributed by atoms with Gasteiger partial charge < -0.3 is 4.74 Å². The topological polar surface area (TPSA) is 26.3 Å². The molecule has 4 rings (SSSR count). The van der Waals surface area contributed by atoms with E-state index in [2.05, 4.69) is 0 Å². The molecule has 0 saturated carbocycles. The van der Waals surface area contributed by atoms with E-state index in [0.717, 1.165) is 32.7 Å². The molecule has 0 saturated heterocycles. The first-order valence-electron chi connectivity index (χ1n) is 8.06. The number of rotatable bonds is 3. The normalized spacial score (nSPS) is 12.4. The second kappa shape index (κ2) is 7.33. The Kier molecular flexibility index (Phi) is 5.04. The fraction of sp³-hybridized carbons (Fsp3) is 0.0476. The van der Waals surface area contributed by atoms with Gasteiger partial charge in [-0.1, -0.05) is 47.5 Å². The molecule has 0 fully saturated rings. The molecule has 0 N–H and O–H groups in total. The van der Waals surface area contributed by atoms with Gasteiger partial charge in [-0.3, -0.25) is 0 Å². The monoisotopic (exact) mass is 434 g/mol. The van der Waals surface area contributed by atoms with Crippen LogP contribution in [0.3, 0.4) is 0 Å². The van der Waals surface area contributed by atoms with Crippen molar-refractivity contribution in [2.45, 2.75) is 4.90 Å². The summed E-state index contributed by atoms with van der Waals surface area (Å²) in [5, 5.41) is 4.98. The number of ether oxygens (including phenoxy) is 1. The van der Waals surface area contributed by atoms with Gasteiger partial charge in [0.2, 0.25) is 0 Å². The highest BCUT2D eigenvalue weighted by Crippen LogP contribution is 2.44. The van der Waals surface area contributed by atoms with E-state index in [0.29, 0.717) is 20.7 Å². The SMILES string of the molecule is COc1ccc2cc(Cl)ccc2c1-c1c(S(=O)Cl)ccc2cc(Cl)ccc12. The zero-order valence-electron chi connectivity index (χ0n) is 14.1. The first-order valence-corrected chi connectivity index (χ1v) is 10.8. The molecular formula is C21H13Cl3O2S. The molecule has 0 aliphatic carbocycles. The Morgan fingerprint density at radius 1 is 0.778 bits per heavy atom. The summed E-state index contributed by atoms with van der Waals surface area (Å²) in [6.45, 7) is 0. The largest absolute Gasteiger partial charge is 0.496 e. The van der Waals surface area contributed by atoms with Crippen LogP contribution in [0.4, 0.5) is 0 Å². The predicted octanol–water partition coefficient (Wildman–Crippen LogP) is 7.24. The van der Waals surface area contributed by atoms with E-state index >= 15 is 0 Å². The third kappa shape index (κ3) is 3.30. The van der Waals surface area contributed by atoms with E-state index in [-0.39, 0.29) is 0 Å². The summed E-state index contributed by atoms with van der Waals surface area (Å²) in [5.41, 5.74) is 1.59. The maximum absolute atomic E-state index is 12.3. The fourth-order valence-corrected chi connectivity index (χ4v) is 4.68. The van der Waals surface area contributed by atoms with Crippen LogP contribution < -0.4 is 4.74 Å². The minimum Gasteiger partial charge on any atom is -0.496 e. The molecule has 4 aromatic carbocycles. The summed E-state index contributed by atoms with van der Waals surface area (Å²) >= 11 is 12.3. The third-order valence-electron chi connectivity index (χ3n) is 4.53. The molecule has 0 heterocycles.